The van der Waals surface area contributed by atoms with Gasteiger partial charge in [-0.15, -0.1) is 0 Å². The van der Waals surface area contributed by atoms with E-state index in [1.165, 1.54) is 7.11 Å². The number of esters is 2. The maximum Gasteiger partial charge on any atom is 0.338 e. The molecule has 1 fully saturated rings. The molecule has 0 N–H and O–H groups in total. The molecule has 2 aromatic carbocycles. The molecule has 34 heavy (non-hydrogen) atoms. The van der Waals surface area contributed by atoms with Crippen molar-refractivity contribution in [3.05, 3.63) is 41.5 Å². The first kappa shape index (κ1) is 23.8. The van der Waals surface area contributed by atoms with Gasteiger partial charge in [0, 0.05) is 18.2 Å². The molecule has 9 nitrogen and oxygen atoms in total. The van der Waals surface area contributed by atoms with Gasteiger partial charge in [-0.1, -0.05) is 12.1 Å². The van der Waals surface area contributed by atoms with Crippen LogP contribution in [0.3, 0.4) is 0 Å². The topological polar surface area (TPSA) is 98.8 Å². The number of hydrogen-bond acceptors (Lipinski definition) is 9. The Hall–Kier alpha value is -3.30. The van der Waals surface area contributed by atoms with Crippen molar-refractivity contribution in [3.8, 4) is 28.4 Å². The maximum atomic E-state index is 12.2. The largest absolute Gasteiger partial charge is 0.493 e. The van der Waals surface area contributed by atoms with Gasteiger partial charge in [0.15, 0.2) is 11.5 Å². The molecule has 182 valence electrons. The fraction of sp³-hybridized carbons (Fsp3) is 0.440. The molecule has 1 aliphatic heterocycles. The molecule has 0 amide bonds. The molecule has 1 heterocycles. The molecule has 0 atom stereocenters. The molecule has 0 bridgehead atoms. The first-order chi connectivity index (χ1) is 16.5. The molecule has 0 radical (unpaired) electrons. The number of carbonyl (C=O) groups excluding carboxylic acids is 2. The summed E-state index contributed by atoms with van der Waals surface area (Å²) in [4.78, 5) is 24.3. The first-order valence-electron chi connectivity index (χ1n) is 11.0. The number of cyclic esters (lactones) is 1. The predicted octanol–water partition coefficient (Wildman–Crippen LogP) is 3.16. The summed E-state index contributed by atoms with van der Waals surface area (Å²) in [6.45, 7) is 0.885. The van der Waals surface area contributed by atoms with Gasteiger partial charge < -0.3 is 33.2 Å². The molecule has 0 unspecified atom stereocenters. The lowest BCUT2D eigenvalue weighted by molar-refractivity contribution is -0.158. The summed E-state index contributed by atoms with van der Waals surface area (Å²) >= 11 is 0. The van der Waals surface area contributed by atoms with Crippen LogP contribution in [0.15, 0.2) is 30.3 Å². The van der Waals surface area contributed by atoms with E-state index in [-0.39, 0.29) is 25.8 Å². The van der Waals surface area contributed by atoms with Crippen LogP contribution in [-0.2, 0) is 30.3 Å². The number of methoxy groups -OCH3 is 3. The van der Waals surface area contributed by atoms with Crippen molar-refractivity contribution < 1.29 is 42.7 Å². The zero-order chi connectivity index (χ0) is 24.1. The minimum absolute atomic E-state index is 0.137. The molecule has 9 heteroatoms. The number of rotatable bonds is 12. The van der Waals surface area contributed by atoms with Crippen molar-refractivity contribution in [1.82, 2.24) is 0 Å². The van der Waals surface area contributed by atoms with Crippen molar-refractivity contribution in [2.24, 2.45) is 0 Å². The van der Waals surface area contributed by atoms with Crippen LogP contribution < -0.4 is 14.2 Å². The highest BCUT2D eigenvalue weighted by atomic mass is 16.6. The van der Waals surface area contributed by atoms with E-state index in [2.05, 4.69) is 0 Å². The van der Waals surface area contributed by atoms with Crippen LogP contribution in [0.4, 0.5) is 0 Å². The summed E-state index contributed by atoms with van der Waals surface area (Å²) in [6, 6.07) is 9.07. The highest BCUT2D eigenvalue weighted by Gasteiger charge is 2.48. The number of ether oxygens (including phenoxy) is 7. The average molecular weight is 472 g/mol. The lowest BCUT2D eigenvalue weighted by atomic mass is 9.95. The van der Waals surface area contributed by atoms with E-state index in [0.717, 1.165) is 16.7 Å². The lowest BCUT2D eigenvalue weighted by Crippen LogP contribution is -2.29. The minimum atomic E-state index is -0.717. The van der Waals surface area contributed by atoms with E-state index >= 15 is 0 Å². The fourth-order valence-corrected chi connectivity index (χ4v) is 3.84. The highest BCUT2D eigenvalue weighted by Crippen LogP contribution is 2.48. The monoisotopic (exact) mass is 472 g/mol. The van der Waals surface area contributed by atoms with Crippen LogP contribution in [0.5, 0.6) is 17.2 Å². The van der Waals surface area contributed by atoms with E-state index in [0.29, 0.717) is 48.9 Å². The molecule has 4 rings (SSSR count). The van der Waals surface area contributed by atoms with Gasteiger partial charge in [0.25, 0.3) is 0 Å². The second-order valence-corrected chi connectivity index (χ2v) is 8.08. The summed E-state index contributed by atoms with van der Waals surface area (Å²) in [7, 11) is 4.64. The van der Waals surface area contributed by atoms with Gasteiger partial charge in [-0.2, -0.15) is 0 Å². The van der Waals surface area contributed by atoms with Crippen LogP contribution in [-0.4, -0.2) is 65.3 Å². The van der Waals surface area contributed by atoms with Gasteiger partial charge in [-0.25, -0.2) is 9.59 Å². The SMILES string of the molecule is COCCOCC(=O)OC1(COc2c(-c3cccc4c3COC4=O)ccc(OC)c2OC)CC1. The van der Waals surface area contributed by atoms with E-state index in [1.54, 1.807) is 32.4 Å². The predicted molar refractivity (Wildman–Crippen MR) is 120 cm³/mol. The first-order valence-corrected chi connectivity index (χ1v) is 11.0. The van der Waals surface area contributed by atoms with Crippen LogP contribution in [0.2, 0.25) is 0 Å². The molecule has 0 saturated heterocycles. The average Bonchev–Trinajstić information content (AvgIpc) is 3.51. The Morgan fingerprint density at radius 3 is 2.47 bits per heavy atom. The highest BCUT2D eigenvalue weighted by molar-refractivity contribution is 5.96. The second kappa shape index (κ2) is 10.3. The number of carbonyl (C=O) groups is 2. The molecule has 1 aliphatic carbocycles. The van der Waals surface area contributed by atoms with Crippen molar-refractivity contribution in [1.29, 1.82) is 0 Å². The summed E-state index contributed by atoms with van der Waals surface area (Å²) in [5.74, 6) is 0.540. The Kier molecular flexibility index (Phi) is 7.23. The maximum absolute atomic E-state index is 12.2. The Balaban J connectivity index is 1.57. The van der Waals surface area contributed by atoms with Gasteiger partial charge in [-0.3, -0.25) is 0 Å². The second-order valence-electron chi connectivity index (χ2n) is 8.08. The van der Waals surface area contributed by atoms with Gasteiger partial charge in [0.1, 0.15) is 25.4 Å². The molecule has 0 aromatic heterocycles. The van der Waals surface area contributed by atoms with E-state index in [9.17, 15) is 9.59 Å². The summed E-state index contributed by atoms with van der Waals surface area (Å²) in [5, 5.41) is 0. The molecular formula is C25H28O9. The molecule has 0 spiro atoms. The van der Waals surface area contributed by atoms with E-state index < -0.39 is 11.6 Å². The Morgan fingerprint density at radius 2 is 1.76 bits per heavy atom. The lowest BCUT2D eigenvalue weighted by Gasteiger charge is -2.22. The molecular weight excluding hydrogens is 444 g/mol. The van der Waals surface area contributed by atoms with Gasteiger partial charge in [-0.05, 0) is 36.6 Å². The van der Waals surface area contributed by atoms with Crippen molar-refractivity contribution in [2.45, 2.75) is 25.0 Å². The van der Waals surface area contributed by atoms with Crippen LogP contribution >= 0.6 is 0 Å². The third-order valence-corrected chi connectivity index (χ3v) is 5.80. The zero-order valence-corrected chi connectivity index (χ0v) is 19.5. The standard InChI is InChI=1S/C25H28O9/c1-28-11-12-31-14-21(26)34-25(9-10-25)15-33-22-17(7-8-20(29-2)23(22)30-3)16-5-4-6-18-19(16)13-32-24(18)27/h4-8H,9-15H2,1-3H3. The third-order valence-electron chi connectivity index (χ3n) is 5.80. The number of hydrogen-bond donors (Lipinski definition) is 0. The quantitative estimate of drug-likeness (QED) is 0.341. The van der Waals surface area contributed by atoms with Crippen LogP contribution in [0.25, 0.3) is 11.1 Å². The zero-order valence-electron chi connectivity index (χ0n) is 19.5. The fourth-order valence-electron chi connectivity index (χ4n) is 3.84. The van der Waals surface area contributed by atoms with Crippen molar-refractivity contribution in [3.63, 3.8) is 0 Å². The van der Waals surface area contributed by atoms with Gasteiger partial charge >= 0.3 is 11.9 Å². The van der Waals surface area contributed by atoms with Crippen molar-refractivity contribution in [2.75, 3.05) is 47.8 Å². The van der Waals surface area contributed by atoms with Crippen LogP contribution in [0.1, 0.15) is 28.8 Å². The summed E-state index contributed by atoms with van der Waals surface area (Å²) in [6.07, 6.45) is 1.36. The van der Waals surface area contributed by atoms with E-state index in [1.807, 2.05) is 12.1 Å². The Bertz CT molecular complexity index is 1060. The molecule has 2 aliphatic rings. The summed E-state index contributed by atoms with van der Waals surface area (Å²) < 4.78 is 38.4. The summed E-state index contributed by atoms with van der Waals surface area (Å²) in [5.41, 5.74) is 2.11. The van der Waals surface area contributed by atoms with Gasteiger partial charge in [0.05, 0.1) is 33.0 Å². The molecule has 2 aromatic rings. The van der Waals surface area contributed by atoms with Gasteiger partial charge in [0.2, 0.25) is 5.75 Å². The van der Waals surface area contributed by atoms with Crippen molar-refractivity contribution >= 4 is 11.9 Å². The third kappa shape index (κ3) is 4.95. The number of fused-ring (bicyclic) bond motifs is 1. The number of benzene rings is 2. The molecule has 1 saturated carbocycles. The Labute approximate surface area is 197 Å². The Morgan fingerprint density at radius 1 is 0.971 bits per heavy atom. The smallest absolute Gasteiger partial charge is 0.338 e. The van der Waals surface area contributed by atoms with E-state index in [4.69, 9.17) is 33.2 Å². The van der Waals surface area contributed by atoms with Crippen LogP contribution in [0, 0.1) is 0 Å². The normalized spacial score (nSPS) is 15.3. The minimum Gasteiger partial charge on any atom is -0.493 e.